The highest BCUT2D eigenvalue weighted by atomic mass is 35.5. The van der Waals surface area contributed by atoms with Crippen molar-refractivity contribution in [3.63, 3.8) is 0 Å². The van der Waals surface area contributed by atoms with Gasteiger partial charge in [-0.25, -0.2) is 0 Å². The van der Waals surface area contributed by atoms with Crippen LogP contribution in [0.4, 0.5) is 13.2 Å². The fourth-order valence-electron chi connectivity index (χ4n) is 2.11. The predicted octanol–water partition coefficient (Wildman–Crippen LogP) is 4.44. The third-order valence-electron chi connectivity index (χ3n) is 3.12. The molecule has 0 saturated carbocycles. The zero-order valence-corrected chi connectivity index (χ0v) is 12.8. The highest BCUT2D eigenvalue weighted by molar-refractivity contribution is 5.85. The summed E-state index contributed by atoms with van der Waals surface area (Å²) in [6, 6.07) is 11.4. The number of benzene rings is 2. The van der Waals surface area contributed by atoms with Crippen molar-refractivity contribution in [3.05, 3.63) is 53.6 Å². The molecule has 0 aliphatic carbocycles. The fourth-order valence-corrected chi connectivity index (χ4v) is 2.11. The molecule has 0 aromatic heterocycles. The van der Waals surface area contributed by atoms with Gasteiger partial charge in [-0.3, -0.25) is 0 Å². The highest BCUT2D eigenvalue weighted by Gasteiger charge is 2.34. The smallest absolute Gasteiger partial charge is 0.419 e. The molecule has 0 radical (unpaired) electrons. The number of nitrogens with two attached hydrogens (primary N) is 1. The van der Waals surface area contributed by atoms with Crippen molar-refractivity contribution in [1.29, 1.82) is 0 Å². The summed E-state index contributed by atoms with van der Waals surface area (Å²) < 4.78 is 44.6. The Balaban J connectivity index is 0.00000242. The first-order chi connectivity index (χ1) is 9.93. The summed E-state index contributed by atoms with van der Waals surface area (Å²) in [5, 5.41) is 0. The Morgan fingerprint density at radius 3 is 2.36 bits per heavy atom. The van der Waals surface area contributed by atoms with Crippen LogP contribution in [0.2, 0.25) is 0 Å². The van der Waals surface area contributed by atoms with Crippen molar-refractivity contribution in [2.24, 2.45) is 5.73 Å². The molecule has 0 amide bonds. The van der Waals surface area contributed by atoms with Crippen LogP contribution in [-0.4, -0.2) is 13.2 Å². The minimum atomic E-state index is -4.47. The standard InChI is InChI=1S/C16H16F3NO.ClH/c1-11-4-2-3-5-13(11)12-6-7-15(21-9-8-20)14(10-12)16(17,18)19;/h2-7,10H,8-9,20H2,1H3;1H. The molecular weight excluding hydrogens is 315 g/mol. The van der Waals surface area contributed by atoms with Gasteiger partial charge in [0.25, 0.3) is 0 Å². The van der Waals surface area contributed by atoms with Crippen molar-refractivity contribution in [2.45, 2.75) is 13.1 Å². The zero-order chi connectivity index (χ0) is 15.5. The molecule has 2 aromatic carbocycles. The molecule has 0 spiro atoms. The summed E-state index contributed by atoms with van der Waals surface area (Å²) in [5.41, 5.74) is 6.69. The molecule has 0 fully saturated rings. The van der Waals surface area contributed by atoms with Crippen molar-refractivity contribution in [1.82, 2.24) is 0 Å². The molecule has 0 unspecified atom stereocenters. The van der Waals surface area contributed by atoms with Gasteiger partial charge < -0.3 is 10.5 Å². The summed E-state index contributed by atoms with van der Waals surface area (Å²) in [6.07, 6.45) is -4.47. The molecule has 2 nitrogen and oxygen atoms in total. The number of halogens is 4. The van der Waals surface area contributed by atoms with Gasteiger partial charge in [-0.05, 0) is 35.7 Å². The number of hydrogen-bond donors (Lipinski definition) is 1. The lowest BCUT2D eigenvalue weighted by Crippen LogP contribution is -2.14. The molecule has 6 heteroatoms. The van der Waals surface area contributed by atoms with E-state index in [0.29, 0.717) is 5.56 Å². The zero-order valence-electron chi connectivity index (χ0n) is 12.0. The van der Waals surface area contributed by atoms with E-state index in [4.69, 9.17) is 10.5 Å². The van der Waals surface area contributed by atoms with E-state index in [-0.39, 0.29) is 31.3 Å². The van der Waals surface area contributed by atoms with Crippen LogP contribution >= 0.6 is 12.4 Å². The fraction of sp³-hybridized carbons (Fsp3) is 0.250. The molecule has 2 aromatic rings. The van der Waals surface area contributed by atoms with Crippen LogP contribution in [-0.2, 0) is 6.18 Å². The van der Waals surface area contributed by atoms with Crippen LogP contribution in [0.3, 0.4) is 0 Å². The van der Waals surface area contributed by atoms with Crippen molar-refractivity contribution >= 4 is 12.4 Å². The average molecular weight is 332 g/mol. The van der Waals surface area contributed by atoms with Gasteiger partial charge in [-0.1, -0.05) is 30.3 Å². The van der Waals surface area contributed by atoms with Crippen LogP contribution in [0.15, 0.2) is 42.5 Å². The Labute approximate surface area is 133 Å². The van der Waals surface area contributed by atoms with Gasteiger partial charge in [0.15, 0.2) is 0 Å². The van der Waals surface area contributed by atoms with Gasteiger partial charge in [-0.2, -0.15) is 13.2 Å². The van der Waals surface area contributed by atoms with E-state index in [1.54, 1.807) is 18.2 Å². The number of alkyl halides is 3. The monoisotopic (exact) mass is 331 g/mol. The molecule has 22 heavy (non-hydrogen) atoms. The van der Waals surface area contributed by atoms with Crippen molar-refractivity contribution in [3.8, 4) is 16.9 Å². The van der Waals surface area contributed by atoms with E-state index in [1.165, 1.54) is 6.07 Å². The van der Waals surface area contributed by atoms with Gasteiger partial charge in [0, 0.05) is 6.54 Å². The van der Waals surface area contributed by atoms with Crippen LogP contribution in [0, 0.1) is 6.92 Å². The summed E-state index contributed by atoms with van der Waals surface area (Å²) >= 11 is 0. The van der Waals surface area contributed by atoms with Crippen molar-refractivity contribution in [2.75, 3.05) is 13.2 Å². The Kier molecular flexibility index (Phi) is 6.26. The molecule has 0 atom stereocenters. The van der Waals surface area contributed by atoms with E-state index in [2.05, 4.69) is 0 Å². The van der Waals surface area contributed by atoms with Gasteiger partial charge in [0.1, 0.15) is 12.4 Å². The quantitative estimate of drug-likeness (QED) is 0.899. The Morgan fingerprint density at radius 2 is 1.77 bits per heavy atom. The molecule has 0 aliphatic heterocycles. The van der Waals surface area contributed by atoms with E-state index >= 15 is 0 Å². The van der Waals surface area contributed by atoms with Crippen molar-refractivity contribution < 1.29 is 17.9 Å². The second-order valence-electron chi connectivity index (χ2n) is 4.66. The lowest BCUT2D eigenvalue weighted by atomic mass is 9.98. The Bertz CT molecular complexity index is 629. The molecule has 2 rings (SSSR count). The summed E-state index contributed by atoms with van der Waals surface area (Å²) in [7, 11) is 0. The molecule has 0 saturated heterocycles. The SMILES string of the molecule is Cc1ccccc1-c1ccc(OCCN)c(C(F)(F)F)c1.Cl. The van der Waals surface area contributed by atoms with E-state index < -0.39 is 11.7 Å². The second kappa shape index (κ2) is 7.51. The highest BCUT2D eigenvalue weighted by Crippen LogP contribution is 2.39. The maximum atomic E-state index is 13.2. The number of hydrogen-bond acceptors (Lipinski definition) is 2. The lowest BCUT2D eigenvalue weighted by Gasteiger charge is -2.16. The number of rotatable bonds is 4. The average Bonchev–Trinajstić information content (AvgIpc) is 2.44. The maximum Gasteiger partial charge on any atom is 0.419 e. The maximum absolute atomic E-state index is 13.2. The minimum Gasteiger partial charge on any atom is -0.492 e. The Hall–Kier alpha value is -1.72. The van der Waals surface area contributed by atoms with E-state index in [0.717, 1.165) is 17.2 Å². The number of ether oxygens (including phenoxy) is 1. The van der Waals surface area contributed by atoms with Crippen LogP contribution in [0.25, 0.3) is 11.1 Å². The first-order valence-electron chi connectivity index (χ1n) is 6.53. The number of aryl methyl sites for hydroxylation is 1. The first kappa shape index (κ1) is 18.3. The minimum absolute atomic E-state index is 0. The van der Waals surface area contributed by atoms with Gasteiger partial charge in [0.2, 0.25) is 0 Å². The third-order valence-corrected chi connectivity index (χ3v) is 3.12. The normalized spacial score (nSPS) is 11.0. The van der Waals surface area contributed by atoms with E-state index in [1.807, 2.05) is 19.1 Å². The van der Waals surface area contributed by atoms with Gasteiger partial charge in [-0.15, -0.1) is 12.4 Å². The Morgan fingerprint density at radius 1 is 1.09 bits per heavy atom. The largest absolute Gasteiger partial charge is 0.492 e. The van der Waals surface area contributed by atoms with Gasteiger partial charge >= 0.3 is 6.18 Å². The molecule has 0 bridgehead atoms. The molecule has 0 aliphatic rings. The van der Waals surface area contributed by atoms with Gasteiger partial charge in [0.05, 0.1) is 5.56 Å². The molecule has 2 N–H and O–H groups in total. The molecular formula is C16H17ClF3NO. The molecule has 0 heterocycles. The second-order valence-corrected chi connectivity index (χ2v) is 4.66. The topological polar surface area (TPSA) is 35.2 Å². The predicted molar refractivity (Wildman–Crippen MR) is 83.4 cm³/mol. The summed E-state index contributed by atoms with van der Waals surface area (Å²) in [4.78, 5) is 0. The molecule has 120 valence electrons. The third kappa shape index (κ3) is 4.15. The first-order valence-corrected chi connectivity index (χ1v) is 6.53. The van der Waals surface area contributed by atoms with Crippen LogP contribution < -0.4 is 10.5 Å². The summed E-state index contributed by atoms with van der Waals surface area (Å²) in [5.74, 6) is -0.190. The van der Waals surface area contributed by atoms with E-state index in [9.17, 15) is 13.2 Å². The van der Waals surface area contributed by atoms with Crippen LogP contribution in [0.5, 0.6) is 5.75 Å². The van der Waals surface area contributed by atoms with Crippen LogP contribution in [0.1, 0.15) is 11.1 Å². The summed E-state index contributed by atoms with van der Waals surface area (Å²) in [6.45, 7) is 2.07. The lowest BCUT2D eigenvalue weighted by molar-refractivity contribution is -0.138.